The summed E-state index contributed by atoms with van der Waals surface area (Å²) in [7, 11) is 1.81. The summed E-state index contributed by atoms with van der Waals surface area (Å²) in [5.41, 5.74) is 1.71. The van der Waals surface area contributed by atoms with E-state index in [0.29, 0.717) is 4.48 Å². The van der Waals surface area contributed by atoms with Crippen LogP contribution >= 0.6 is 15.9 Å². The number of aromatic nitrogens is 3. The number of halogens is 3. The van der Waals surface area contributed by atoms with Crippen LogP contribution in [0.2, 0.25) is 0 Å². The lowest BCUT2D eigenvalue weighted by atomic mass is 10.1. The van der Waals surface area contributed by atoms with E-state index in [1.54, 1.807) is 10.9 Å². The summed E-state index contributed by atoms with van der Waals surface area (Å²) < 4.78 is 34.1. The van der Waals surface area contributed by atoms with Crippen LogP contribution in [0.5, 0.6) is 0 Å². The second kappa shape index (κ2) is 7.20. The molecule has 0 radical (unpaired) electrons. The van der Waals surface area contributed by atoms with E-state index in [9.17, 15) is 13.6 Å². The van der Waals surface area contributed by atoms with Crippen LogP contribution in [0, 0.1) is 18.6 Å². The maximum atomic E-state index is 13.8. The Morgan fingerprint density at radius 3 is 2.77 bits per heavy atom. The minimum Gasteiger partial charge on any atom is -0.355 e. The molecule has 0 aliphatic carbocycles. The molecule has 1 aromatic carbocycles. The first-order chi connectivity index (χ1) is 12.4. The summed E-state index contributed by atoms with van der Waals surface area (Å²) in [6.45, 7) is 1.89. The number of hydrogen-bond acceptors (Lipinski definition) is 4. The van der Waals surface area contributed by atoms with E-state index >= 15 is 0 Å². The van der Waals surface area contributed by atoms with Gasteiger partial charge in [-0.25, -0.2) is 8.78 Å². The number of aryl methyl sites for hydroxylation is 1. The topological polar surface area (TPSA) is 73.0 Å². The number of nitrogens with one attached hydrogen (secondary N) is 1. The fourth-order valence-corrected chi connectivity index (χ4v) is 2.72. The molecule has 0 saturated heterocycles. The molecule has 0 atom stereocenters. The van der Waals surface area contributed by atoms with Crippen LogP contribution in [0.25, 0.3) is 15.8 Å². The average molecular weight is 423 g/mol. The highest BCUT2D eigenvalue weighted by Crippen LogP contribution is 2.25. The number of rotatable bonds is 4. The molecule has 3 rings (SSSR count). The number of hydrogen-bond donors (Lipinski definition) is 1. The van der Waals surface area contributed by atoms with Gasteiger partial charge in [0.25, 0.3) is 5.91 Å². The summed E-state index contributed by atoms with van der Waals surface area (Å²) in [4.78, 5) is 12.2. The minimum atomic E-state index is -0.803. The van der Waals surface area contributed by atoms with E-state index < -0.39 is 17.5 Å². The first-order valence-corrected chi connectivity index (χ1v) is 8.23. The quantitative estimate of drug-likeness (QED) is 0.694. The van der Waals surface area contributed by atoms with Crippen molar-refractivity contribution in [3.63, 3.8) is 0 Å². The van der Waals surface area contributed by atoms with Crippen molar-refractivity contribution in [2.75, 3.05) is 0 Å². The zero-order valence-corrected chi connectivity index (χ0v) is 15.3. The summed E-state index contributed by atoms with van der Waals surface area (Å²) in [6, 6.07) is 4.32. The van der Waals surface area contributed by atoms with Crippen molar-refractivity contribution in [1.29, 1.82) is 0 Å². The Hall–Kier alpha value is -2.81. The summed E-state index contributed by atoms with van der Waals surface area (Å²) in [5.74, 6) is -2.02. The molecule has 3 aromatic rings. The Bertz CT molecular complexity index is 1010. The third kappa shape index (κ3) is 3.57. The van der Waals surface area contributed by atoms with Gasteiger partial charge in [-0.05, 0) is 35.0 Å². The number of benzene rings is 1. The maximum Gasteiger partial charge on any atom is 0.277 e. The number of nitrogens with zero attached hydrogens (tertiary/aromatic N) is 3. The van der Waals surface area contributed by atoms with Crippen LogP contribution in [0.1, 0.15) is 21.7 Å². The van der Waals surface area contributed by atoms with Gasteiger partial charge in [0.2, 0.25) is 0 Å². The Kier molecular flexibility index (Phi) is 4.99. The van der Waals surface area contributed by atoms with Crippen LogP contribution in [0.4, 0.5) is 8.78 Å². The fraction of sp³-hybridized carbons (Fsp3) is 0.118. The fourth-order valence-electron chi connectivity index (χ4n) is 2.21. The molecule has 0 aliphatic heterocycles. The lowest BCUT2D eigenvalue weighted by molar-refractivity contribution is 0.0961. The SMILES string of the molecule is Cc1c(C(Br)=CNC(=O)c2cc(-c3ccc(F)cc3F)on2)cnn1C. The Balaban J connectivity index is 1.76. The monoisotopic (exact) mass is 422 g/mol. The molecule has 0 unspecified atom stereocenters. The Morgan fingerprint density at radius 1 is 1.35 bits per heavy atom. The maximum absolute atomic E-state index is 13.8. The highest BCUT2D eigenvalue weighted by Gasteiger charge is 2.16. The minimum absolute atomic E-state index is 0.0145. The van der Waals surface area contributed by atoms with Crippen molar-refractivity contribution in [3.8, 4) is 11.3 Å². The van der Waals surface area contributed by atoms with Gasteiger partial charge in [0.05, 0.1) is 11.8 Å². The van der Waals surface area contributed by atoms with E-state index in [-0.39, 0.29) is 17.0 Å². The number of carbonyl (C=O) groups excluding carboxylic acids is 1. The molecule has 0 fully saturated rings. The third-order valence-corrected chi connectivity index (χ3v) is 4.42. The van der Waals surface area contributed by atoms with Crippen LogP contribution in [-0.4, -0.2) is 20.8 Å². The molecule has 26 heavy (non-hydrogen) atoms. The molecule has 6 nitrogen and oxygen atoms in total. The molecule has 1 N–H and O–H groups in total. The third-order valence-electron chi connectivity index (χ3n) is 3.76. The lowest BCUT2D eigenvalue weighted by Gasteiger charge is -2.00. The van der Waals surface area contributed by atoms with Gasteiger partial charge >= 0.3 is 0 Å². The first kappa shape index (κ1) is 18.0. The zero-order valence-electron chi connectivity index (χ0n) is 13.8. The molecular formula is C17H13BrF2N4O2. The van der Waals surface area contributed by atoms with Gasteiger partial charge in [-0.15, -0.1) is 0 Å². The van der Waals surface area contributed by atoms with E-state index in [1.165, 1.54) is 18.3 Å². The van der Waals surface area contributed by atoms with Crippen molar-refractivity contribution in [2.45, 2.75) is 6.92 Å². The number of amides is 1. The van der Waals surface area contributed by atoms with E-state index in [4.69, 9.17) is 4.52 Å². The van der Waals surface area contributed by atoms with Gasteiger partial charge in [0.1, 0.15) is 11.6 Å². The second-order valence-corrected chi connectivity index (χ2v) is 6.29. The Morgan fingerprint density at radius 2 is 2.12 bits per heavy atom. The lowest BCUT2D eigenvalue weighted by Crippen LogP contribution is -2.17. The summed E-state index contributed by atoms with van der Waals surface area (Å²) in [5, 5.41) is 10.3. The van der Waals surface area contributed by atoms with Crippen molar-refractivity contribution < 1.29 is 18.1 Å². The molecular weight excluding hydrogens is 410 g/mol. The van der Waals surface area contributed by atoms with E-state index in [0.717, 1.165) is 23.4 Å². The largest absolute Gasteiger partial charge is 0.355 e. The number of carbonyl (C=O) groups is 1. The van der Waals surface area contributed by atoms with Gasteiger partial charge in [0.15, 0.2) is 11.5 Å². The van der Waals surface area contributed by atoms with Crippen LogP contribution < -0.4 is 5.32 Å². The highest BCUT2D eigenvalue weighted by molar-refractivity contribution is 9.15. The first-order valence-electron chi connectivity index (χ1n) is 7.44. The second-order valence-electron chi connectivity index (χ2n) is 5.43. The molecule has 0 spiro atoms. The van der Waals surface area contributed by atoms with Gasteiger partial charge in [-0.2, -0.15) is 5.10 Å². The predicted octanol–water partition coefficient (Wildman–Crippen LogP) is 3.79. The molecule has 0 bridgehead atoms. The molecule has 2 heterocycles. The molecule has 1 amide bonds. The van der Waals surface area contributed by atoms with Crippen molar-refractivity contribution in [2.24, 2.45) is 7.05 Å². The average Bonchev–Trinajstić information content (AvgIpc) is 3.20. The predicted molar refractivity (Wildman–Crippen MR) is 94.2 cm³/mol. The van der Waals surface area contributed by atoms with Crippen molar-refractivity contribution >= 4 is 26.3 Å². The molecule has 2 aromatic heterocycles. The molecule has 9 heteroatoms. The van der Waals surface area contributed by atoms with Gasteiger partial charge in [-0.3, -0.25) is 9.48 Å². The van der Waals surface area contributed by atoms with Crippen molar-refractivity contribution in [3.05, 3.63) is 65.2 Å². The van der Waals surface area contributed by atoms with Crippen molar-refractivity contribution in [1.82, 2.24) is 20.3 Å². The Labute approximate surface area is 155 Å². The van der Waals surface area contributed by atoms with E-state index in [1.807, 2.05) is 14.0 Å². The molecule has 0 aliphatic rings. The van der Waals surface area contributed by atoms with Gasteiger partial charge in [-0.1, -0.05) is 5.16 Å². The normalized spacial score (nSPS) is 11.7. The molecule has 134 valence electrons. The van der Waals surface area contributed by atoms with Gasteiger partial charge in [0, 0.05) is 41.1 Å². The van der Waals surface area contributed by atoms with Crippen LogP contribution in [-0.2, 0) is 7.05 Å². The highest BCUT2D eigenvalue weighted by atomic mass is 79.9. The van der Waals surface area contributed by atoms with Crippen LogP contribution in [0.3, 0.4) is 0 Å². The summed E-state index contributed by atoms with van der Waals surface area (Å²) in [6.07, 6.45) is 3.12. The zero-order chi connectivity index (χ0) is 18.8. The van der Waals surface area contributed by atoms with E-state index in [2.05, 4.69) is 31.5 Å². The van der Waals surface area contributed by atoms with Crippen LogP contribution in [0.15, 0.2) is 41.2 Å². The van der Waals surface area contributed by atoms with Gasteiger partial charge < -0.3 is 9.84 Å². The smallest absolute Gasteiger partial charge is 0.277 e. The standard InChI is InChI=1S/C17H13BrF2N4O2/c1-9-12(7-22-24(9)2)13(18)8-21-17(25)15-6-16(26-23-15)11-4-3-10(19)5-14(11)20/h3-8H,1-2H3,(H,21,25). The summed E-state index contributed by atoms with van der Waals surface area (Å²) >= 11 is 3.37. The molecule has 0 saturated carbocycles.